The number of thioether (sulfide) groups is 1. The molecule has 60 valence electrons. The lowest BCUT2D eigenvalue weighted by molar-refractivity contribution is 0.394. The molecule has 0 amide bonds. The summed E-state index contributed by atoms with van der Waals surface area (Å²) in [5, 5.41) is 8.67. The fraction of sp³-hybridized carbons (Fsp3) is 0.143. The van der Waals surface area contributed by atoms with E-state index in [1.807, 2.05) is 0 Å². The molecule has 0 fully saturated rings. The second-order valence-electron chi connectivity index (χ2n) is 1.94. The maximum Gasteiger partial charge on any atom is 0.187 e. The van der Waals surface area contributed by atoms with E-state index in [-0.39, 0.29) is 0 Å². The Kier molecular flexibility index (Phi) is 2.34. The maximum absolute atomic E-state index is 12.5. The lowest BCUT2D eigenvalue weighted by atomic mass is 10.3. The van der Waals surface area contributed by atoms with Crippen LogP contribution in [-0.4, -0.2) is 11.4 Å². The zero-order valence-corrected chi connectivity index (χ0v) is 6.58. The van der Waals surface area contributed by atoms with Crippen LogP contribution in [-0.2, 0) is 0 Å². The number of benzene rings is 1. The number of phenolic OH excluding ortho intramolecular Hbond substituents is 1. The molecular formula is C7H6F2OS. The molecule has 0 bridgehead atoms. The molecule has 0 aromatic heterocycles. The zero-order chi connectivity index (χ0) is 8.43. The lowest BCUT2D eigenvalue weighted by Gasteiger charge is -1.99. The van der Waals surface area contributed by atoms with E-state index in [2.05, 4.69) is 0 Å². The Morgan fingerprint density at radius 1 is 1.27 bits per heavy atom. The van der Waals surface area contributed by atoms with Gasteiger partial charge in [-0.25, -0.2) is 8.78 Å². The van der Waals surface area contributed by atoms with E-state index in [0.717, 1.165) is 12.1 Å². The van der Waals surface area contributed by atoms with Gasteiger partial charge in [-0.3, -0.25) is 0 Å². The molecule has 1 N–H and O–H groups in total. The van der Waals surface area contributed by atoms with Crippen molar-refractivity contribution in [3.63, 3.8) is 0 Å². The van der Waals surface area contributed by atoms with Crippen molar-refractivity contribution < 1.29 is 13.9 Å². The molecule has 1 nitrogen and oxygen atoms in total. The highest BCUT2D eigenvalue weighted by Gasteiger charge is 2.08. The number of phenols is 1. The predicted octanol–water partition coefficient (Wildman–Crippen LogP) is 2.39. The number of halogens is 2. The van der Waals surface area contributed by atoms with Crippen LogP contribution in [0, 0.1) is 11.6 Å². The lowest BCUT2D eigenvalue weighted by Crippen LogP contribution is -1.83. The monoisotopic (exact) mass is 176 g/mol. The van der Waals surface area contributed by atoms with Gasteiger partial charge in [-0.1, -0.05) is 0 Å². The van der Waals surface area contributed by atoms with E-state index >= 15 is 0 Å². The van der Waals surface area contributed by atoms with Crippen LogP contribution in [0.5, 0.6) is 5.75 Å². The van der Waals surface area contributed by atoms with Gasteiger partial charge in [-0.05, 0) is 18.4 Å². The maximum atomic E-state index is 12.5. The highest BCUT2D eigenvalue weighted by atomic mass is 32.2. The van der Waals surface area contributed by atoms with E-state index < -0.39 is 17.4 Å². The number of rotatable bonds is 1. The van der Waals surface area contributed by atoms with Crippen molar-refractivity contribution in [3.05, 3.63) is 23.8 Å². The van der Waals surface area contributed by atoms with Crippen LogP contribution >= 0.6 is 11.8 Å². The summed E-state index contributed by atoms with van der Waals surface area (Å²) in [6, 6.07) is 2.17. The molecular weight excluding hydrogens is 170 g/mol. The quantitative estimate of drug-likeness (QED) is 0.663. The largest absolute Gasteiger partial charge is 0.503 e. The van der Waals surface area contributed by atoms with Crippen LogP contribution in [0.15, 0.2) is 17.0 Å². The molecule has 0 unspecified atom stereocenters. The average molecular weight is 176 g/mol. The molecule has 0 atom stereocenters. The van der Waals surface area contributed by atoms with Crippen molar-refractivity contribution >= 4 is 11.8 Å². The van der Waals surface area contributed by atoms with E-state index in [4.69, 9.17) is 5.11 Å². The van der Waals surface area contributed by atoms with Gasteiger partial charge < -0.3 is 5.11 Å². The molecule has 0 radical (unpaired) electrons. The first-order valence-corrected chi connectivity index (χ1v) is 4.09. The Balaban J connectivity index is 3.21. The standard InChI is InChI=1S/C7H6F2OS/c1-11-4-2-5(8)7(10)6(9)3-4/h2-3,10H,1H3. The molecule has 0 aliphatic heterocycles. The van der Waals surface area contributed by atoms with Crippen molar-refractivity contribution in [3.8, 4) is 5.75 Å². The highest BCUT2D eigenvalue weighted by molar-refractivity contribution is 7.98. The summed E-state index contributed by atoms with van der Waals surface area (Å²) in [5.74, 6) is -2.76. The fourth-order valence-electron chi connectivity index (χ4n) is 0.660. The van der Waals surface area contributed by atoms with Gasteiger partial charge in [0.1, 0.15) is 0 Å². The molecule has 0 spiro atoms. The van der Waals surface area contributed by atoms with Gasteiger partial charge in [-0.2, -0.15) is 0 Å². The smallest absolute Gasteiger partial charge is 0.187 e. The second kappa shape index (κ2) is 3.09. The van der Waals surface area contributed by atoms with Crippen LogP contribution in [0.25, 0.3) is 0 Å². The minimum absolute atomic E-state index is 0.456. The van der Waals surface area contributed by atoms with Gasteiger partial charge in [-0.15, -0.1) is 11.8 Å². The molecule has 0 aliphatic carbocycles. The van der Waals surface area contributed by atoms with Crippen molar-refractivity contribution in [1.82, 2.24) is 0 Å². The van der Waals surface area contributed by atoms with Crippen molar-refractivity contribution in [2.24, 2.45) is 0 Å². The van der Waals surface area contributed by atoms with E-state index in [1.165, 1.54) is 11.8 Å². The topological polar surface area (TPSA) is 20.2 Å². The first kappa shape index (κ1) is 8.33. The van der Waals surface area contributed by atoms with Gasteiger partial charge in [0.05, 0.1) is 0 Å². The summed E-state index contributed by atoms with van der Waals surface area (Å²) in [6.45, 7) is 0. The van der Waals surface area contributed by atoms with E-state index in [0.29, 0.717) is 4.90 Å². The summed E-state index contributed by atoms with van der Waals surface area (Å²) < 4.78 is 25.0. The Hall–Kier alpha value is -0.770. The normalized spacial score (nSPS) is 10.1. The van der Waals surface area contributed by atoms with Gasteiger partial charge in [0.25, 0.3) is 0 Å². The summed E-state index contributed by atoms with van der Waals surface area (Å²) in [6.07, 6.45) is 1.70. The van der Waals surface area contributed by atoms with Gasteiger partial charge >= 0.3 is 0 Å². The Labute approximate surface area is 67.0 Å². The first-order chi connectivity index (χ1) is 5.15. The van der Waals surface area contributed by atoms with Crippen molar-refractivity contribution in [1.29, 1.82) is 0 Å². The Morgan fingerprint density at radius 3 is 2.09 bits per heavy atom. The van der Waals surface area contributed by atoms with Gasteiger partial charge in [0.2, 0.25) is 0 Å². The van der Waals surface area contributed by atoms with E-state index in [9.17, 15) is 8.78 Å². The van der Waals surface area contributed by atoms with Gasteiger partial charge in [0.15, 0.2) is 17.4 Å². The van der Waals surface area contributed by atoms with Crippen LogP contribution < -0.4 is 0 Å². The first-order valence-electron chi connectivity index (χ1n) is 2.87. The third kappa shape index (κ3) is 1.63. The highest BCUT2D eigenvalue weighted by Crippen LogP contribution is 2.25. The second-order valence-corrected chi connectivity index (χ2v) is 2.82. The van der Waals surface area contributed by atoms with Gasteiger partial charge in [0, 0.05) is 4.90 Å². The number of aromatic hydroxyl groups is 1. The summed E-state index contributed by atoms with van der Waals surface area (Å²) in [4.78, 5) is 0.456. The average Bonchev–Trinajstić information content (AvgIpc) is 1.99. The molecule has 0 saturated carbocycles. The molecule has 1 aromatic carbocycles. The van der Waals surface area contributed by atoms with Crippen LogP contribution in [0.1, 0.15) is 0 Å². The number of hydrogen-bond acceptors (Lipinski definition) is 2. The molecule has 1 aromatic rings. The Morgan fingerprint density at radius 2 is 1.73 bits per heavy atom. The Bertz CT molecular complexity index is 252. The third-order valence-corrected chi connectivity index (χ3v) is 1.93. The summed E-state index contributed by atoms with van der Waals surface area (Å²) in [5.41, 5.74) is 0. The van der Waals surface area contributed by atoms with Crippen LogP contribution in [0.4, 0.5) is 8.78 Å². The molecule has 11 heavy (non-hydrogen) atoms. The molecule has 0 heterocycles. The minimum Gasteiger partial charge on any atom is -0.503 e. The molecule has 4 heteroatoms. The van der Waals surface area contributed by atoms with E-state index in [1.54, 1.807) is 6.26 Å². The summed E-state index contributed by atoms with van der Waals surface area (Å²) >= 11 is 1.21. The zero-order valence-electron chi connectivity index (χ0n) is 5.77. The van der Waals surface area contributed by atoms with Crippen LogP contribution in [0.3, 0.4) is 0 Å². The van der Waals surface area contributed by atoms with Crippen molar-refractivity contribution in [2.45, 2.75) is 4.90 Å². The van der Waals surface area contributed by atoms with Crippen LogP contribution in [0.2, 0.25) is 0 Å². The molecule has 1 rings (SSSR count). The number of hydrogen-bond donors (Lipinski definition) is 1. The summed E-state index contributed by atoms with van der Waals surface area (Å²) in [7, 11) is 0. The van der Waals surface area contributed by atoms with Crippen molar-refractivity contribution in [2.75, 3.05) is 6.26 Å². The fourth-order valence-corrected chi connectivity index (χ4v) is 1.10. The molecule has 0 aliphatic rings. The minimum atomic E-state index is -0.922. The SMILES string of the molecule is CSc1cc(F)c(O)c(F)c1. The predicted molar refractivity (Wildman–Crippen MR) is 39.8 cm³/mol. The third-order valence-electron chi connectivity index (χ3n) is 1.23. The molecule has 0 saturated heterocycles.